The molecule has 0 unspecified atom stereocenters. The van der Waals surface area contributed by atoms with E-state index in [1.807, 2.05) is 36.4 Å². The van der Waals surface area contributed by atoms with Crippen molar-refractivity contribution < 1.29 is 9.53 Å². The second-order valence-electron chi connectivity index (χ2n) is 8.65. The molecule has 0 saturated carbocycles. The van der Waals surface area contributed by atoms with Gasteiger partial charge in [-0.25, -0.2) is 0 Å². The van der Waals surface area contributed by atoms with Gasteiger partial charge in [0.25, 0.3) is 5.91 Å². The molecule has 0 bridgehead atoms. The highest BCUT2D eigenvalue weighted by Crippen LogP contribution is 2.37. The minimum absolute atomic E-state index is 0.112. The summed E-state index contributed by atoms with van der Waals surface area (Å²) in [4.78, 5) is 17.8. The van der Waals surface area contributed by atoms with Crippen molar-refractivity contribution in [3.8, 4) is 16.9 Å². The van der Waals surface area contributed by atoms with Crippen molar-refractivity contribution >= 4 is 11.6 Å². The van der Waals surface area contributed by atoms with Gasteiger partial charge in [-0.1, -0.05) is 42.5 Å². The van der Waals surface area contributed by atoms with Crippen molar-refractivity contribution in [1.29, 1.82) is 0 Å². The van der Waals surface area contributed by atoms with Gasteiger partial charge in [0.05, 0.1) is 5.69 Å². The lowest BCUT2D eigenvalue weighted by molar-refractivity contribution is 0.102. The maximum absolute atomic E-state index is 13.0. The minimum Gasteiger partial charge on any atom is -0.490 e. The first-order chi connectivity index (χ1) is 15.7. The van der Waals surface area contributed by atoms with Crippen LogP contribution in [0.2, 0.25) is 0 Å². The summed E-state index contributed by atoms with van der Waals surface area (Å²) in [5.41, 5.74) is 6.40. The Bertz CT molecular complexity index is 1120. The van der Waals surface area contributed by atoms with Crippen LogP contribution in [-0.4, -0.2) is 62.1 Å². The van der Waals surface area contributed by atoms with Gasteiger partial charge in [0.15, 0.2) is 0 Å². The van der Waals surface area contributed by atoms with Crippen molar-refractivity contribution in [1.82, 2.24) is 9.80 Å². The molecular weight excluding hydrogens is 398 g/mol. The number of amides is 1. The van der Waals surface area contributed by atoms with Crippen LogP contribution in [0.15, 0.2) is 66.7 Å². The molecule has 1 heterocycles. The third-order valence-electron chi connectivity index (χ3n) is 6.45. The summed E-state index contributed by atoms with van der Waals surface area (Å²) < 4.78 is 6.05. The first kappa shape index (κ1) is 20.7. The molecule has 0 atom stereocenters. The summed E-state index contributed by atoms with van der Waals surface area (Å²) in [6.07, 6.45) is 0.874. The lowest BCUT2D eigenvalue weighted by Gasteiger charge is -2.32. The molecule has 1 amide bonds. The van der Waals surface area contributed by atoms with Crippen molar-refractivity contribution in [3.05, 3.63) is 83.4 Å². The number of rotatable bonds is 6. The molecule has 0 radical (unpaired) electrons. The summed E-state index contributed by atoms with van der Waals surface area (Å²) in [5, 5.41) is 3.05. The number of fused-ring (bicyclic) bond motifs is 3. The molecule has 0 aromatic heterocycles. The monoisotopic (exact) mass is 427 g/mol. The molecule has 3 aromatic rings. The van der Waals surface area contributed by atoms with Gasteiger partial charge in [0.2, 0.25) is 0 Å². The molecule has 5 rings (SSSR count). The smallest absolute Gasteiger partial charge is 0.255 e. The lowest BCUT2D eigenvalue weighted by Crippen LogP contribution is -2.45. The molecule has 1 N–H and O–H groups in total. The van der Waals surface area contributed by atoms with Crippen LogP contribution in [0.1, 0.15) is 21.5 Å². The highest BCUT2D eigenvalue weighted by molar-refractivity contribution is 6.05. The molecule has 1 fully saturated rings. The topological polar surface area (TPSA) is 44.8 Å². The minimum atomic E-state index is -0.112. The van der Waals surface area contributed by atoms with E-state index in [1.165, 1.54) is 22.3 Å². The molecule has 5 heteroatoms. The summed E-state index contributed by atoms with van der Waals surface area (Å²) >= 11 is 0. The summed E-state index contributed by atoms with van der Waals surface area (Å²) in [6.45, 7) is 5.83. The van der Waals surface area contributed by atoms with Gasteiger partial charge in [-0.05, 0) is 60.0 Å². The van der Waals surface area contributed by atoms with E-state index in [0.29, 0.717) is 23.6 Å². The van der Waals surface area contributed by atoms with Crippen LogP contribution >= 0.6 is 0 Å². The normalized spacial score (nSPS) is 15.8. The average Bonchev–Trinajstić information content (AvgIpc) is 3.19. The molecule has 1 aliphatic carbocycles. The maximum Gasteiger partial charge on any atom is 0.255 e. The Balaban J connectivity index is 1.23. The van der Waals surface area contributed by atoms with Crippen LogP contribution in [0, 0.1) is 0 Å². The molecule has 164 valence electrons. The fourth-order valence-corrected chi connectivity index (χ4v) is 4.53. The first-order valence-corrected chi connectivity index (χ1v) is 11.3. The van der Waals surface area contributed by atoms with Gasteiger partial charge in [0.1, 0.15) is 12.4 Å². The highest BCUT2D eigenvalue weighted by Gasteiger charge is 2.20. The van der Waals surface area contributed by atoms with Crippen molar-refractivity contribution in [2.75, 3.05) is 51.7 Å². The number of benzene rings is 3. The third-order valence-corrected chi connectivity index (χ3v) is 6.45. The van der Waals surface area contributed by atoms with E-state index >= 15 is 0 Å². The van der Waals surface area contributed by atoms with E-state index in [-0.39, 0.29) is 5.91 Å². The Kier molecular flexibility index (Phi) is 5.93. The average molecular weight is 428 g/mol. The van der Waals surface area contributed by atoms with Crippen molar-refractivity contribution in [2.24, 2.45) is 0 Å². The Morgan fingerprint density at radius 2 is 1.66 bits per heavy atom. The number of nitrogens with one attached hydrogen (secondary N) is 1. The van der Waals surface area contributed by atoms with Gasteiger partial charge < -0.3 is 15.0 Å². The number of anilines is 1. The second-order valence-corrected chi connectivity index (χ2v) is 8.65. The molecular formula is C27H29N3O2. The predicted molar refractivity (Wildman–Crippen MR) is 129 cm³/mol. The molecule has 1 aliphatic heterocycles. The SMILES string of the molecule is CN1CCN(CCOc2ccccc2NC(=O)c2ccc3c(c2)Cc2ccccc2-3)CC1. The van der Waals surface area contributed by atoms with Crippen LogP contribution in [0.25, 0.3) is 11.1 Å². The predicted octanol–water partition coefficient (Wildman–Crippen LogP) is 4.14. The van der Waals surface area contributed by atoms with E-state index in [0.717, 1.165) is 39.1 Å². The van der Waals surface area contributed by atoms with Crippen LogP contribution in [0.3, 0.4) is 0 Å². The molecule has 0 spiro atoms. The molecule has 32 heavy (non-hydrogen) atoms. The number of hydrogen-bond acceptors (Lipinski definition) is 4. The van der Waals surface area contributed by atoms with Gasteiger partial charge in [0, 0.05) is 38.3 Å². The zero-order valence-electron chi connectivity index (χ0n) is 18.5. The summed E-state index contributed by atoms with van der Waals surface area (Å²) in [5.74, 6) is 0.599. The van der Waals surface area contributed by atoms with Gasteiger partial charge >= 0.3 is 0 Å². The Morgan fingerprint density at radius 1 is 0.906 bits per heavy atom. The number of ether oxygens (including phenoxy) is 1. The van der Waals surface area contributed by atoms with Crippen molar-refractivity contribution in [2.45, 2.75) is 6.42 Å². The van der Waals surface area contributed by atoms with E-state index in [9.17, 15) is 4.79 Å². The lowest BCUT2D eigenvalue weighted by atomic mass is 10.0. The summed E-state index contributed by atoms with van der Waals surface area (Å²) in [7, 11) is 2.16. The van der Waals surface area contributed by atoms with Crippen LogP contribution in [-0.2, 0) is 6.42 Å². The quantitative estimate of drug-likeness (QED) is 0.502. The zero-order valence-corrected chi connectivity index (χ0v) is 18.5. The fourth-order valence-electron chi connectivity index (χ4n) is 4.53. The molecule has 1 saturated heterocycles. The standard InChI is InChI=1S/C27H29N3O2/c1-29-12-14-30(15-13-29)16-17-32-26-9-5-4-8-25(26)28-27(31)21-10-11-24-22(19-21)18-20-6-2-3-7-23(20)24/h2-11,19H,12-18H2,1H3,(H,28,31). The van der Waals surface area contributed by atoms with E-state index in [2.05, 4.69) is 52.5 Å². The Labute approximate surface area is 189 Å². The Morgan fingerprint density at radius 3 is 2.53 bits per heavy atom. The molecule has 3 aromatic carbocycles. The fraction of sp³-hybridized carbons (Fsp3) is 0.296. The molecule has 2 aliphatic rings. The number of carbonyl (C=O) groups excluding carboxylic acids is 1. The number of para-hydroxylation sites is 2. The number of nitrogens with zero attached hydrogens (tertiary/aromatic N) is 2. The van der Waals surface area contributed by atoms with E-state index in [1.54, 1.807) is 0 Å². The zero-order chi connectivity index (χ0) is 21.9. The van der Waals surface area contributed by atoms with Gasteiger partial charge in [-0.15, -0.1) is 0 Å². The maximum atomic E-state index is 13.0. The van der Waals surface area contributed by atoms with Gasteiger partial charge in [-0.2, -0.15) is 0 Å². The van der Waals surface area contributed by atoms with E-state index < -0.39 is 0 Å². The first-order valence-electron chi connectivity index (χ1n) is 11.3. The van der Waals surface area contributed by atoms with Crippen LogP contribution in [0.5, 0.6) is 5.75 Å². The van der Waals surface area contributed by atoms with Crippen LogP contribution < -0.4 is 10.1 Å². The number of likely N-dealkylation sites (N-methyl/N-ethyl adjacent to an activating group) is 1. The Hall–Kier alpha value is -3.15. The third kappa shape index (κ3) is 4.40. The number of carbonyl (C=O) groups is 1. The van der Waals surface area contributed by atoms with E-state index in [4.69, 9.17) is 4.74 Å². The highest BCUT2D eigenvalue weighted by atomic mass is 16.5. The number of piperazine rings is 1. The van der Waals surface area contributed by atoms with Gasteiger partial charge in [-0.3, -0.25) is 9.69 Å². The molecule has 5 nitrogen and oxygen atoms in total. The number of hydrogen-bond donors (Lipinski definition) is 1. The van der Waals surface area contributed by atoms with Crippen molar-refractivity contribution in [3.63, 3.8) is 0 Å². The summed E-state index contributed by atoms with van der Waals surface area (Å²) in [6, 6.07) is 22.1. The second kappa shape index (κ2) is 9.15. The van der Waals surface area contributed by atoms with Crippen LogP contribution in [0.4, 0.5) is 5.69 Å². The largest absolute Gasteiger partial charge is 0.490 e.